The van der Waals surface area contributed by atoms with E-state index in [1.807, 2.05) is 12.1 Å². The molecule has 2 atom stereocenters. The van der Waals surface area contributed by atoms with Crippen molar-refractivity contribution >= 4 is 10.0 Å². The van der Waals surface area contributed by atoms with E-state index < -0.39 is 10.0 Å². The highest BCUT2D eigenvalue weighted by atomic mass is 32.2. The van der Waals surface area contributed by atoms with Crippen molar-refractivity contribution in [3.8, 4) is 0 Å². The summed E-state index contributed by atoms with van der Waals surface area (Å²) in [6, 6.07) is 3.66. The number of sulfonamides is 1. The molecule has 0 bridgehead atoms. The van der Waals surface area contributed by atoms with Crippen LogP contribution in [0.25, 0.3) is 0 Å². The number of nitrogens with zero attached hydrogens (tertiary/aromatic N) is 1. The van der Waals surface area contributed by atoms with Crippen LogP contribution in [0.1, 0.15) is 31.2 Å². The van der Waals surface area contributed by atoms with E-state index in [1.54, 1.807) is 12.4 Å². The highest BCUT2D eigenvalue weighted by Crippen LogP contribution is 2.29. The van der Waals surface area contributed by atoms with Crippen LogP contribution in [0.15, 0.2) is 24.5 Å². The Balaban J connectivity index is 1.80. The average Bonchev–Trinajstić information content (AvgIpc) is 2.52. The van der Waals surface area contributed by atoms with Gasteiger partial charge in [-0.05, 0) is 48.8 Å². The van der Waals surface area contributed by atoms with Crippen LogP contribution in [-0.2, 0) is 16.4 Å². The molecule has 0 amide bonds. The lowest BCUT2D eigenvalue weighted by atomic mass is 9.80. The smallest absolute Gasteiger partial charge is 0.211 e. The number of rotatable bonds is 7. The second-order valence-corrected chi connectivity index (χ2v) is 7.69. The fraction of sp³-hybridized carbons (Fsp3) is 0.667. The second-order valence-electron chi connectivity index (χ2n) is 5.76. The number of aryl methyl sites for hydroxylation is 1. The van der Waals surface area contributed by atoms with Gasteiger partial charge in [-0.25, -0.2) is 13.1 Å². The Hall–Kier alpha value is -0.980. The molecule has 0 saturated heterocycles. The molecule has 2 N–H and O–H groups in total. The van der Waals surface area contributed by atoms with Crippen molar-refractivity contribution in [3.05, 3.63) is 30.1 Å². The molecule has 6 heteroatoms. The number of nitrogens with one attached hydrogen (secondary N) is 1. The van der Waals surface area contributed by atoms with Crippen molar-refractivity contribution in [1.82, 2.24) is 9.71 Å². The third-order valence-electron chi connectivity index (χ3n) is 4.28. The van der Waals surface area contributed by atoms with Crippen molar-refractivity contribution in [2.24, 2.45) is 11.8 Å². The van der Waals surface area contributed by atoms with Crippen LogP contribution in [0.5, 0.6) is 0 Å². The molecule has 2 unspecified atom stereocenters. The van der Waals surface area contributed by atoms with E-state index in [1.165, 1.54) is 0 Å². The van der Waals surface area contributed by atoms with Gasteiger partial charge >= 0.3 is 0 Å². The van der Waals surface area contributed by atoms with Gasteiger partial charge in [0.05, 0.1) is 5.75 Å². The zero-order valence-corrected chi connectivity index (χ0v) is 13.1. The minimum Gasteiger partial charge on any atom is -0.396 e. The number of pyridine rings is 1. The minimum absolute atomic E-state index is 0.0908. The van der Waals surface area contributed by atoms with Gasteiger partial charge in [0.15, 0.2) is 0 Å². The Kier molecular flexibility index (Phi) is 6.14. The Labute approximate surface area is 126 Å². The summed E-state index contributed by atoms with van der Waals surface area (Å²) in [6.07, 6.45) is 8.09. The molecule has 118 valence electrons. The first-order chi connectivity index (χ1) is 10.1. The van der Waals surface area contributed by atoms with Crippen LogP contribution in [-0.4, -0.2) is 37.4 Å². The third kappa shape index (κ3) is 5.37. The van der Waals surface area contributed by atoms with Gasteiger partial charge in [-0.2, -0.15) is 0 Å². The third-order valence-corrected chi connectivity index (χ3v) is 5.62. The van der Waals surface area contributed by atoms with Crippen molar-refractivity contribution in [1.29, 1.82) is 0 Å². The zero-order valence-electron chi connectivity index (χ0n) is 12.2. The van der Waals surface area contributed by atoms with E-state index >= 15 is 0 Å². The Morgan fingerprint density at radius 1 is 1.19 bits per heavy atom. The first-order valence-corrected chi connectivity index (χ1v) is 9.23. The van der Waals surface area contributed by atoms with Crippen molar-refractivity contribution < 1.29 is 13.5 Å². The van der Waals surface area contributed by atoms with E-state index in [2.05, 4.69) is 9.71 Å². The largest absolute Gasteiger partial charge is 0.396 e. The van der Waals surface area contributed by atoms with Crippen molar-refractivity contribution in [3.63, 3.8) is 0 Å². The summed E-state index contributed by atoms with van der Waals surface area (Å²) in [5.74, 6) is 0.592. The summed E-state index contributed by atoms with van der Waals surface area (Å²) in [5.41, 5.74) is 0.973. The van der Waals surface area contributed by atoms with Gasteiger partial charge in [0.1, 0.15) is 0 Å². The molecule has 1 aliphatic rings. The van der Waals surface area contributed by atoms with Crippen molar-refractivity contribution in [2.75, 3.05) is 18.9 Å². The van der Waals surface area contributed by atoms with Gasteiger partial charge in [0.25, 0.3) is 0 Å². The maximum atomic E-state index is 12.1. The molecule has 0 spiro atoms. The molecule has 21 heavy (non-hydrogen) atoms. The molecular formula is C15H24N2O3S. The highest BCUT2D eigenvalue weighted by molar-refractivity contribution is 7.89. The molecule has 2 rings (SSSR count). The standard InChI is InChI=1S/C15H24N2O3S/c18-12-15-4-2-1-3-14(15)11-17-21(19,20)10-7-13-5-8-16-9-6-13/h5-6,8-9,14-15,17-18H,1-4,7,10-12H2. The molecule has 1 aliphatic carbocycles. The minimum atomic E-state index is -3.26. The maximum Gasteiger partial charge on any atom is 0.211 e. The molecule has 1 saturated carbocycles. The van der Waals surface area contributed by atoms with Crippen LogP contribution in [0.2, 0.25) is 0 Å². The number of aliphatic hydroxyl groups is 1. The van der Waals surface area contributed by atoms with Crippen LogP contribution < -0.4 is 4.72 Å². The van der Waals surface area contributed by atoms with E-state index in [9.17, 15) is 13.5 Å². The van der Waals surface area contributed by atoms with E-state index in [0.717, 1.165) is 31.2 Å². The predicted octanol–water partition coefficient (Wildman–Crippen LogP) is 1.34. The summed E-state index contributed by atoms with van der Waals surface area (Å²) in [5, 5.41) is 9.36. The van der Waals surface area contributed by atoms with Crippen LogP contribution in [0.4, 0.5) is 0 Å². The molecule has 5 nitrogen and oxygen atoms in total. The lowest BCUT2D eigenvalue weighted by Crippen LogP contribution is -2.36. The summed E-state index contributed by atoms with van der Waals surface area (Å²) >= 11 is 0. The molecule has 0 radical (unpaired) electrons. The monoisotopic (exact) mass is 312 g/mol. The van der Waals surface area contributed by atoms with E-state index in [0.29, 0.717) is 13.0 Å². The van der Waals surface area contributed by atoms with E-state index in [-0.39, 0.29) is 24.2 Å². The predicted molar refractivity (Wildman–Crippen MR) is 82.3 cm³/mol. The Morgan fingerprint density at radius 2 is 1.86 bits per heavy atom. The molecule has 1 fully saturated rings. The Bertz CT molecular complexity index is 519. The molecule has 1 aromatic heterocycles. The van der Waals surface area contributed by atoms with Gasteiger partial charge in [0.2, 0.25) is 10.0 Å². The molecule has 1 heterocycles. The lowest BCUT2D eigenvalue weighted by Gasteiger charge is -2.30. The first kappa shape index (κ1) is 16.4. The number of hydrogen-bond acceptors (Lipinski definition) is 4. The van der Waals surface area contributed by atoms with Gasteiger partial charge < -0.3 is 5.11 Å². The van der Waals surface area contributed by atoms with Crippen molar-refractivity contribution in [2.45, 2.75) is 32.1 Å². The van der Waals surface area contributed by atoms with Gasteiger partial charge in [-0.15, -0.1) is 0 Å². The number of aromatic nitrogens is 1. The summed E-state index contributed by atoms with van der Waals surface area (Å²) in [6.45, 7) is 0.604. The quantitative estimate of drug-likeness (QED) is 0.796. The lowest BCUT2D eigenvalue weighted by molar-refractivity contribution is 0.136. The average molecular weight is 312 g/mol. The van der Waals surface area contributed by atoms with E-state index in [4.69, 9.17) is 0 Å². The van der Waals surface area contributed by atoms with Gasteiger partial charge in [-0.3, -0.25) is 4.98 Å². The molecule has 1 aromatic rings. The topological polar surface area (TPSA) is 79.3 Å². The molecule has 0 aliphatic heterocycles. The van der Waals surface area contributed by atoms with Crippen LogP contribution in [0.3, 0.4) is 0 Å². The normalized spacial score (nSPS) is 23.1. The van der Waals surface area contributed by atoms with Gasteiger partial charge in [0, 0.05) is 25.5 Å². The van der Waals surface area contributed by atoms with Crippen LogP contribution in [0, 0.1) is 11.8 Å². The Morgan fingerprint density at radius 3 is 2.52 bits per heavy atom. The number of hydrogen-bond donors (Lipinski definition) is 2. The summed E-state index contributed by atoms with van der Waals surface area (Å²) in [4.78, 5) is 3.92. The fourth-order valence-electron chi connectivity index (χ4n) is 2.90. The highest BCUT2D eigenvalue weighted by Gasteiger charge is 2.25. The SMILES string of the molecule is O=S(=O)(CCc1ccncc1)NCC1CCCCC1CO. The fourth-order valence-corrected chi connectivity index (χ4v) is 4.02. The summed E-state index contributed by atoms with van der Waals surface area (Å²) < 4.78 is 26.8. The second kappa shape index (κ2) is 7.87. The zero-order chi connectivity index (χ0) is 15.1. The summed E-state index contributed by atoms with van der Waals surface area (Å²) in [7, 11) is -3.26. The molecule has 0 aromatic carbocycles. The first-order valence-electron chi connectivity index (χ1n) is 7.58. The maximum absolute atomic E-state index is 12.1. The van der Waals surface area contributed by atoms with Crippen LogP contribution >= 0.6 is 0 Å². The molecular weight excluding hydrogens is 288 g/mol. The van der Waals surface area contributed by atoms with Gasteiger partial charge in [-0.1, -0.05) is 12.8 Å². The number of aliphatic hydroxyl groups excluding tert-OH is 1.